The van der Waals surface area contributed by atoms with Crippen LogP contribution in [0.15, 0.2) is 30.3 Å². The van der Waals surface area contributed by atoms with Gasteiger partial charge in [0.25, 0.3) is 5.91 Å². The summed E-state index contributed by atoms with van der Waals surface area (Å²) in [6.45, 7) is 4.17. The summed E-state index contributed by atoms with van der Waals surface area (Å²) in [5.41, 5.74) is 1.93. The molecule has 2 rings (SSSR count). The summed E-state index contributed by atoms with van der Waals surface area (Å²) in [5, 5.41) is 3.77. The van der Waals surface area contributed by atoms with Crippen LogP contribution in [0.3, 0.4) is 0 Å². The Morgan fingerprint density at radius 3 is 2.57 bits per heavy atom. The molecule has 0 saturated heterocycles. The van der Waals surface area contributed by atoms with Crippen LogP contribution in [-0.4, -0.2) is 19.6 Å². The zero-order chi connectivity index (χ0) is 17.0. The first-order valence-electron chi connectivity index (χ1n) is 7.04. The maximum atomic E-state index is 12.4. The number of amides is 1. The lowest BCUT2D eigenvalue weighted by Crippen LogP contribution is -2.13. The fourth-order valence-electron chi connectivity index (χ4n) is 2.10. The van der Waals surface area contributed by atoms with Crippen molar-refractivity contribution >= 4 is 34.8 Å². The van der Waals surface area contributed by atoms with Gasteiger partial charge in [-0.05, 0) is 49.7 Å². The third kappa shape index (κ3) is 4.09. The van der Waals surface area contributed by atoms with Gasteiger partial charge in [0.2, 0.25) is 0 Å². The van der Waals surface area contributed by atoms with Crippen LogP contribution in [0, 0.1) is 6.92 Å². The van der Waals surface area contributed by atoms with E-state index in [1.165, 1.54) is 7.11 Å². The normalized spacial score (nSPS) is 10.3. The standard InChI is InChI=1S/C17H17Cl2NO3/c1-4-23-16-13(19)8-11(9-15(16)22-3)17(21)20-14-6-5-12(18)7-10(14)2/h5-9H,4H2,1-3H3,(H,20,21). The largest absolute Gasteiger partial charge is 0.493 e. The summed E-state index contributed by atoms with van der Waals surface area (Å²) < 4.78 is 10.7. The van der Waals surface area contributed by atoms with Crippen LogP contribution in [-0.2, 0) is 0 Å². The first kappa shape index (κ1) is 17.4. The van der Waals surface area contributed by atoms with E-state index in [0.29, 0.717) is 39.4 Å². The fourth-order valence-corrected chi connectivity index (χ4v) is 2.59. The summed E-state index contributed by atoms with van der Waals surface area (Å²) in [7, 11) is 1.50. The Morgan fingerprint density at radius 1 is 1.22 bits per heavy atom. The third-order valence-corrected chi connectivity index (χ3v) is 3.73. The van der Waals surface area contributed by atoms with Crippen LogP contribution in [0.1, 0.15) is 22.8 Å². The number of anilines is 1. The Balaban J connectivity index is 2.30. The van der Waals surface area contributed by atoms with Gasteiger partial charge in [0.05, 0.1) is 18.7 Å². The molecule has 23 heavy (non-hydrogen) atoms. The lowest BCUT2D eigenvalue weighted by molar-refractivity contribution is 0.102. The number of halogens is 2. The quantitative estimate of drug-likeness (QED) is 0.825. The van der Waals surface area contributed by atoms with Crippen molar-refractivity contribution in [1.82, 2.24) is 0 Å². The van der Waals surface area contributed by atoms with Gasteiger partial charge in [-0.3, -0.25) is 4.79 Å². The van der Waals surface area contributed by atoms with Gasteiger partial charge in [-0.15, -0.1) is 0 Å². The smallest absolute Gasteiger partial charge is 0.255 e. The van der Waals surface area contributed by atoms with Gasteiger partial charge in [0.1, 0.15) is 0 Å². The van der Waals surface area contributed by atoms with Crippen molar-refractivity contribution in [2.75, 3.05) is 19.0 Å². The molecule has 0 aromatic heterocycles. The van der Waals surface area contributed by atoms with Gasteiger partial charge >= 0.3 is 0 Å². The second-order valence-corrected chi connectivity index (χ2v) is 5.68. The minimum Gasteiger partial charge on any atom is -0.493 e. The van der Waals surface area contributed by atoms with Crippen molar-refractivity contribution < 1.29 is 14.3 Å². The number of hydrogen-bond donors (Lipinski definition) is 1. The highest BCUT2D eigenvalue weighted by Crippen LogP contribution is 2.36. The molecule has 2 aromatic carbocycles. The zero-order valence-electron chi connectivity index (χ0n) is 13.1. The summed E-state index contributed by atoms with van der Waals surface area (Å²) >= 11 is 12.1. The highest BCUT2D eigenvalue weighted by Gasteiger charge is 2.16. The zero-order valence-corrected chi connectivity index (χ0v) is 14.6. The van der Waals surface area contributed by atoms with Crippen LogP contribution in [0.5, 0.6) is 11.5 Å². The van der Waals surface area contributed by atoms with Crippen LogP contribution in [0.2, 0.25) is 10.0 Å². The van der Waals surface area contributed by atoms with E-state index in [-0.39, 0.29) is 5.91 Å². The van der Waals surface area contributed by atoms with Gasteiger partial charge in [-0.1, -0.05) is 23.2 Å². The van der Waals surface area contributed by atoms with Crippen LogP contribution in [0.4, 0.5) is 5.69 Å². The molecule has 0 unspecified atom stereocenters. The Morgan fingerprint density at radius 2 is 1.96 bits per heavy atom. The molecule has 0 radical (unpaired) electrons. The molecule has 4 nitrogen and oxygen atoms in total. The minimum absolute atomic E-state index is 0.293. The topological polar surface area (TPSA) is 47.6 Å². The van der Waals surface area contributed by atoms with Crippen molar-refractivity contribution in [1.29, 1.82) is 0 Å². The molecule has 1 N–H and O–H groups in total. The number of benzene rings is 2. The number of nitrogens with one attached hydrogen (secondary N) is 1. The molecule has 0 aliphatic rings. The Bertz CT molecular complexity index is 732. The number of rotatable bonds is 5. The molecular weight excluding hydrogens is 337 g/mol. The second-order valence-electron chi connectivity index (χ2n) is 4.84. The number of carbonyl (C=O) groups is 1. The maximum absolute atomic E-state index is 12.4. The van der Waals surface area contributed by atoms with E-state index in [4.69, 9.17) is 32.7 Å². The Kier molecular flexibility index (Phi) is 5.74. The van der Waals surface area contributed by atoms with Gasteiger partial charge < -0.3 is 14.8 Å². The van der Waals surface area contributed by atoms with Crippen LogP contribution in [0.25, 0.3) is 0 Å². The van der Waals surface area contributed by atoms with E-state index in [9.17, 15) is 4.79 Å². The molecule has 122 valence electrons. The molecule has 0 atom stereocenters. The van der Waals surface area contributed by atoms with Crippen LogP contribution >= 0.6 is 23.2 Å². The third-order valence-electron chi connectivity index (χ3n) is 3.22. The highest BCUT2D eigenvalue weighted by atomic mass is 35.5. The Labute approximate surface area is 145 Å². The van der Waals surface area contributed by atoms with Gasteiger partial charge in [-0.2, -0.15) is 0 Å². The molecule has 6 heteroatoms. The van der Waals surface area contributed by atoms with Crippen molar-refractivity contribution in [3.05, 3.63) is 51.5 Å². The predicted octanol–water partition coefficient (Wildman–Crippen LogP) is 4.96. The average Bonchev–Trinajstić information content (AvgIpc) is 2.51. The van der Waals surface area contributed by atoms with Gasteiger partial charge in [0, 0.05) is 16.3 Å². The monoisotopic (exact) mass is 353 g/mol. The summed E-state index contributed by atoms with van der Waals surface area (Å²) in [6, 6.07) is 8.40. The SMILES string of the molecule is CCOc1c(Cl)cc(C(=O)Nc2ccc(Cl)cc2C)cc1OC. The van der Waals surface area contributed by atoms with Crippen molar-refractivity contribution in [2.24, 2.45) is 0 Å². The number of methoxy groups -OCH3 is 1. The number of ether oxygens (including phenoxy) is 2. The number of aryl methyl sites for hydroxylation is 1. The molecule has 1 amide bonds. The van der Waals surface area contributed by atoms with Crippen molar-refractivity contribution in [2.45, 2.75) is 13.8 Å². The highest BCUT2D eigenvalue weighted by molar-refractivity contribution is 6.33. The molecule has 0 bridgehead atoms. The maximum Gasteiger partial charge on any atom is 0.255 e. The first-order chi connectivity index (χ1) is 11.0. The van der Waals surface area contributed by atoms with Crippen molar-refractivity contribution in [3.8, 4) is 11.5 Å². The summed E-state index contributed by atoms with van der Waals surface area (Å²) in [6.07, 6.45) is 0. The van der Waals surface area contributed by atoms with E-state index in [1.54, 1.807) is 30.3 Å². The predicted molar refractivity (Wildman–Crippen MR) is 93.3 cm³/mol. The van der Waals surface area contributed by atoms with Gasteiger partial charge in [0.15, 0.2) is 11.5 Å². The minimum atomic E-state index is -0.293. The Hall–Kier alpha value is -1.91. The van der Waals surface area contributed by atoms with E-state index in [0.717, 1.165) is 5.56 Å². The molecule has 0 saturated carbocycles. The lowest BCUT2D eigenvalue weighted by atomic mass is 10.1. The van der Waals surface area contributed by atoms with Crippen molar-refractivity contribution in [3.63, 3.8) is 0 Å². The van der Waals surface area contributed by atoms with E-state index >= 15 is 0 Å². The van der Waals surface area contributed by atoms with E-state index < -0.39 is 0 Å². The lowest BCUT2D eigenvalue weighted by Gasteiger charge is -2.14. The molecule has 0 spiro atoms. The average molecular weight is 354 g/mol. The van der Waals surface area contributed by atoms with E-state index in [2.05, 4.69) is 5.32 Å². The summed E-state index contributed by atoms with van der Waals surface area (Å²) in [5.74, 6) is 0.548. The van der Waals surface area contributed by atoms with Gasteiger partial charge in [-0.25, -0.2) is 0 Å². The second kappa shape index (κ2) is 7.57. The molecule has 2 aromatic rings. The fraction of sp³-hybridized carbons (Fsp3) is 0.235. The number of hydrogen-bond acceptors (Lipinski definition) is 3. The molecule has 0 aliphatic carbocycles. The molecule has 0 aliphatic heterocycles. The number of carbonyl (C=O) groups excluding carboxylic acids is 1. The summed E-state index contributed by atoms with van der Waals surface area (Å²) in [4.78, 5) is 12.4. The molecule has 0 heterocycles. The molecular formula is C17H17Cl2NO3. The van der Waals surface area contributed by atoms with Crippen LogP contribution < -0.4 is 14.8 Å². The molecule has 0 fully saturated rings. The first-order valence-corrected chi connectivity index (χ1v) is 7.79. The van der Waals surface area contributed by atoms with E-state index in [1.807, 2.05) is 13.8 Å².